The summed E-state index contributed by atoms with van der Waals surface area (Å²) in [6.45, 7) is 5.94. The fraction of sp³-hybridized carbons (Fsp3) is 0.533. The van der Waals surface area contributed by atoms with E-state index in [4.69, 9.17) is 10.5 Å². The maximum Gasteiger partial charge on any atom is 0.412 e. The average molecular weight is 278 g/mol. The number of rotatable bonds is 3. The molecule has 0 heterocycles. The molecule has 4 N–H and O–H groups in total. The van der Waals surface area contributed by atoms with Gasteiger partial charge in [-0.25, -0.2) is 4.79 Å². The van der Waals surface area contributed by atoms with Crippen molar-refractivity contribution in [2.45, 2.75) is 44.6 Å². The summed E-state index contributed by atoms with van der Waals surface area (Å²) >= 11 is 0. The van der Waals surface area contributed by atoms with Crippen LogP contribution in [0.25, 0.3) is 0 Å². The van der Waals surface area contributed by atoms with Crippen LogP contribution in [0.5, 0.6) is 5.75 Å². The highest BCUT2D eigenvalue weighted by molar-refractivity contribution is 5.87. The Kier molecular flexibility index (Phi) is 3.65. The van der Waals surface area contributed by atoms with Crippen molar-refractivity contribution in [3.05, 3.63) is 23.8 Å². The number of nitrogens with two attached hydrogens (primary N) is 1. The fourth-order valence-corrected chi connectivity index (χ4v) is 2.14. The highest BCUT2D eigenvalue weighted by atomic mass is 16.6. The van der Waals surface area contributed by atoms with E-state index < -0.39 is 11.7 Å². The van der Waals surface area contributed by atoms with E-state index in [9.17, 15) is 9.90 Å². The number of phenolic OH excluding ortho intramolecular Hbond substituents is 1. The predicted molar refractivity (Wildman–Crippen MR) is 77.9 cm³/mol. The Hall–Kier alpha value is -1.75. The molecule has 1 amide bonds. The van der Waals surface area contributed by atoms with Crippen molar-refractivity contribution in [3.63, 3.8) is 0 Å². The number of carbonyl (C=O) groups is 1. The van der Waals surface area contributed by atoms with Crippen LogP contribution in [0.15, 0.2) is 18.2 Å². The number of carbonyl (C=O) groups excluding carboxylic acids is 1. The minimum atomic E-state index is -0.581. The molecule has 5 nitrogen and oxygen atoms in total. The Morgan fingerprint density at radius 1 is 1.45 bits per heavy atom. The second-order valence-corrected chi connectivity index (χ2v) is 6.34. The topological polar surface area (TPSA) is 84.6 Å². The fourth-order valence-electron chi connectivity index (χ4n) is 2.14. The van der Waals surface area contributed by atoms with Crippen molar-refractivity contribution in [2.75, 3.05) is 11.9 Å². The van der Waals surface area contributed by atoms with Gasteiger partial charge in [0.1, 0.15) is 11.4 Å². The zero-order chi connectivity index (χ0) is 15.0. The van der Waals surface area contributed by atoms with Crippen molar-refractivity contribution in [1.82, 2.24) is 0 Å². The van der Waals surface area contributed by atoms with Crippen LogP contribution in [-0.2, 0) is 10.2 Å². The molecule has 20 heavy (non-hydrogen) atoms. The summed E-state index contributed by atoms with van der Waals surface area (Å²) in [5.41, 5.74) is 6.64. The van der Waals surface area contributed by atoms with Crippen molar-refractivity contribution in [3.8, 4) is 5.75 Å². The molecule has 1 saturated carbocycles. The summed E-state index contributed by atoms with van der Waals surface area (Å²) in [5, 5.41) is 12.4. The molecule has 0 unspecified atom stereocenters. The summed E-state index contributed by atoms with van der Waals surface area (Å²) < 4.78 is 5.18. The molecule has 1 aromatic rings. The molecule has 0 bridgehead atoms. The van der Waals surface area contributed by atoms with Gasteiger partial charge in [-0.15, -0.1) is 0 Å². The Bertz CT molecular complexity index is 516. The monoisotopic (exact) mass is 278 g/mol. The zero-order valence-electron chi connectivity index (χ0n) is 12.2. The van der Waals surface area contributed by atoms with Crippen LogP contribution in [0.2, 0.25) is 0 Å². The molecule has 1 fully saturated rings. The van der Waals surface area contributed by atoms with Gasteiger partial charge in [-0.05, 0) is 51.3 Å². The molecule has 0 radical (unpaired) electrons. The molecule has 0 atom stereocenters. The first kappa shape index (κ1) is 14.7. The molecule has 110 valence electrons. The van der Waals surface area contributed by atoms with Gasteiger partial charge in [0.25, 0.3) is 0 Å². The van der Waals surface area contributed by atoms with Gasteiger partial charge in [-0.1, -0.05) is 6.07 Å². The molecule has 0 spiro atoms. The van der Waals surface area contributed by atoms with E-state index in [0.29, 0.717) is 12.2 Å². The zero-order valence-corrected chi connectivity index (χ0v) is 12.2. The molecular weight excluding hydrogens is 256 g/mol. The third-order valence-corrected chi connectivity index (χ3v) is 3.49. The van der Waals surface area contributed by atoms with E-state index >= 15 is 0 Å². The highest BCUT2D eigenvalue weighted by Gasteiger charge is 2.43. The summed E-state index contributed by atoms with van der Waals surface area (Å²) in [5.74, 6) is 0.0208. The normalized spacial score (nSPS) is 16.6. The number of hydrogen-bond donors (Lipinski definition) is 3. The van der Waals surface area contributed by atoms with E-state index in [1.807, 2.05) is 6.07 Å². The SMILES string of the molecule is CC(C)(C)OC(=O)Nc1cc(C2(CN)CC2)ccc1O. The third kappa shape index (κ3) is 3.22. The smallest absolute Gasteiger partial charge is 0.412 e. The van der Waals surface area contributed by atoms with Crippen molar-refractivity contribution in [2.24, 2.45) is 5.73 Å². The summed E-state index contributed by atoms with van der Waals surface area (Å²) in [6.07, 6.45) is 1.50. The lowest BCUT2D eigenvalue weighted by molar-refractivity contribution is 0.0635. The first-order chi connectivity index (χ1) is 9.26. The average Bonchev–Trinajstić information content (AvgIpc) is 3.10. The number of amides is 1. The third-order valence-electron chi connectivity index (χ3n) is 3.49. The largest absolute Gasteiger partial charge is 0.506 e. The lowest BCUT2D eigenvalue weighted by atomic mass is 9.95. The van der Waals surface area contributed by atoms with Gasteiger partial charge < -0.3 is 15.6 Å². The van der Waals surface area contributed by atoms with E-state index in [1.165, 1.54) is 0 Å². The molecule has 1 aliphatic carbocycles. The lowest BCUT2D eigenvalue weighted by Gasteiger charge is -2.20. The summed E-state index contributed by atoms with van der Waals surface area (Å²) in [7, 11) is 0. The number of ether oxygens (including phenoxy) is 1. The second-order valence-electron chi connectivity index (χ2n) is 6.34. The summed E-state index contributed by atoms with van der Waals surface area (Å²) in [6, 6.07) is 5.21. The minimum Gasteiger partial charge on any atom is -0.506 e. The number of aromatic hydroxyl groups is 1. The quantitative estimate of drug-likeness (QED) is 0.742. The molecule has 0 aliphatic heterocycles. The van der Waals surface area contributed by atoms with Crippen LogP contribution in [0.1, 0.15) is 39.2 Å². The Morgan fingerprint density at radius 2 is 2.10 bits per heavy atom. The van der Waals surface area contributed by atoms with Gasteiger partial charge in [0, 0.05) is 12.0 Å². The van der Waals surface area contributed by atoms with Crippen molar-refractivity contribution < 1.29 is 14.6 Å². The molecule has 1 aliphatic rings. The van der Waals surface area contributed by atoms with Crippen LogP contribution in [0.3, 0.4) is 0 Å². The first-order valence-corrected chi connectivity index (χ1v) is 6.79. The number of hydrogen-bond acceptors (Lipinski definition) is 4. The van der Waals surface area contributed by atoms with E-state index in [0.717, 1.165) is 18.4 Å². The van der Waals surface area contributed by atoms with Crippen LogP contribution < -0.4 is 11.1 Å². The standard InChI is InChI=1S/C15H22N2O3/c1-14(2,3)20-13(19)17-11-8-10(4-5-12(11)18)15(9-16)6-7-15/h4-5,8,18H,6-7,9,16H2,1-3H3,(H,17,19). The Balaban J connectivity index is 2.15. The Morgan fingerprint density at radius 3 is 2.60 bits per heavy atom. The summed E-state index contributed by atoms with van der Waals surface area (Å²) in [4.78, 5) is 11.8. The molecular formula is C15H22N2O3. The maximum atomic E-state index is 11.8. The molecule has 1 aromatic carbocycles. The van der Waals surface area contributed by atoms with E-state index in [1.54, 1.807) is 32.9 Å². The van der Waals surface area contributed by atoms with Crippen LogP contribution in [-0.4, -0.2) is 23.3 Å². The van der Waals surface area contributed by atoms with Crippen LogP contribution in [0.4, 0.5) is 10.5 Å². The number of nitrogens with one attached hydrogen (secondary N) is 1. The molecule has 0 saturated heterocycles. The van der Waals surface area contributed by atoms with Gasteiger partial charge in [0.2, 0.25) is 0 Å². The van der Waals surface area contributed by atoms with Gasteiger partial charge in [0.15, 0.2) is 0 Å². The number of benzene rings is 1. The van der Waals surface area contributed by atoms with Crippen molar-refractivity contribution >= 4 is 11.8 Å². The van der Waals surface area contributed by atoms with Gasteiger partial charge in [-0.2, -0.15) is 0 Å². The first-order valence-electron chi connectivity index (χ1n) is 6.79. The van der Waals surface area contributed by atoms with E-state index in [-0.39, 0.29) is 11.2 Å². The van der Waals surface area contributed by atoms with Gasteiger partial charge in [0.05, 0.1) is 5.69 Å². The molecule has 2 rings (SSSR count). The predicted octanol–water partition coefficient (Wildman–Crippen LogP) is 2.73. The van der Waals surface area contributed by atoms with Crippen LogP contribution in [0, 0.1) is 0 Å². The highest BCUT2D eigenvalue weighted by Crippen LogP contribution is 2.48. The van der Waals surface area contributed by atoms with Gasteiger partial charge >= 0.3 is 6.09 Å². The second kappa shape index (κ2) is 4.98. The number of phenols is 1. The van der Waals surface area contributed by atoms with Crippen LogP contribution >= 0.6 is 0 Å². The lowest BCUT2D eigenvalue weighted by Crippen LogP contribution is -2.27. The molecule has 0 aromatic heterocycles. The molecule has 5 heteroatoms. The Labute approximate surface area is 119 Å². The van der Waals surface area contributed by atoms with Crippen molar-refractivity contribution in [1.29, 1.82) is 0 Å². The maximum absolute atomic E-state index is 11.8. The van der Waals surface area contributed by atoms with E-state index in [2.05, 4.69) is 5.32 Å². The van der Waals surface area contributed by atoms with Gasteiger partial charge in [-0.3, -0.25) is 5.32 Å². The number of anilines is 1. The minimum absolute atomic E-state index is 0.0120.